The molecule has 0 aliphatic carbocycles. The highest BCUT2D eigenvalue weighted by Crippen LogP contribution is 2.29. The van der Waals surface area contributed by atoms with Gasteiger partial charge in [0.25, 0.3) is 0 Å². The molecule has 0 heterocycles. The molecule has 0 bridgehead atoms. The Bertz CT molecular complexity index is 540. The summed E-state index contributed by atoms with van der Waals surface area (Å²) in [7, 11) is 1.96. The predicted octanol–water partition coefficient (Wildman–Crippen LogP) is 4.16. The smallest absolute Gasteiger partial charge is 0.126 e. The van der Waals surface area contributed by atoms with E-state index in [1.54, 1.807) is 0 Å². The maximum Gasteiger partial charge on any atom is 0.126 e. The Hall–Kier alpha value is -1.80. The quantitative estimate of drug-likeness (QED) is 0.880. The van der Waals surface area contributed by atoms with Gasteiger partial charge in [-0.25, -0.2) is 0 Å². The zero-order valence-corrected chi connectivity index (χ0v) is 12.7. The van der Waals surface area contributed by atoms with Gasteiger partial charge in [-0.05, 0) is 50.1 Å². The van der Waals surface area contributed by atoms with Gasteiger partial charge in [0, 0.05) is 6.54 Å². The zero-order valence-electron chi connectivity index (χ0n) is 12.7. The summed E-state index contributed by atoms with van der Waals surface area (Å²) in [5, 5.41) is 3.18. The largest absolute Gasteiger partial charge is 0.485 e. The van der Waals surface area contributed by atoms with Crippen molar-refractivity contribution in [1.82, 2.24) is 5.32 Å². The molecule has 1 atom stereocenters. The molecule has 2 nitrogen and oxygen atoms in total. The molecule has 0 saturated heterocycles. The van der Waals surface area contributed by atoms with Crippen molar-refractivity contribution >= 4 is 0 Å². The summed E-state index contributed by atoms with van der Waals surface area (Å²) in [4.78, 5) is 0. The van der Waals surface area contributed by atoms with Crippen molar-refractivity contribution in [2.24, 2.45) is 0 Å². The normalized spacial score (nSPS) is 12.2. The lowest BCUT2D eigenvalue weighted by Crippen LogP contribution is -2.08. The molecular formula is C18H23NO. The standard InChI is InChI=1S/C18H23NO/c1-13-10-16(12-19-4)11-14(2)18(13)20-15(3)17-8-6-5-7-9-17/h5-11,15,19H,12H2,1-4H3. The maximum atomic E-state index is 6.17. The second kappa shape index (κ2) is 6.58. The summed E-state index contributed by atoms with van der Waals surface area (Å²) in [6.07, 6.45) is 0.0590. The highest BCUT2D eigenvalue weighted by Gasteiger charge is 2.11. The highest BCUT2D eigenvalue weighted by atomic mass is 16.5. The molecule has 2 heteroatoms. The van der Waals surface area contributed by atoms with Crippen molar-refractivity contribution in [3.63, 3.8) is 0 Å². The summed E-state index contributed by atoms with van der Waals surface area (Å²) in [6, 6.07) is 14.7. The third-order valence-electron chi connectivity index (χ3n) is 3.46. The maximum absolute atomic E-state index is 6.17. The topological polar surface area (TPSA) is 21.3 Å². The highest BCUT2D eigenvalue weighted by molar-refractivity contribution is 5.43. The van der Waals surface area contributed by atoms with Gasteiger partial charge >= 0.3 is 0 Å². The minimum atomic E-state index is 0.0590. The number of rotatable bonds is 5. The van der Waals surface area contributed by atoms with Crippen LogP contribution in [0.2, 0.25) is 0 Å². The van der Waals surface area contributed by atoms with Crippen molar-refractivity contribution < 1.29 is 4.74 Å². The van der Waals surface area contributed by atoms with Crippen LogP contribution in [-0.4, -0.2) is 7.05 Å². The summed E-state index contributed by atoms with van der Waals surface area (Å²) >= 11 is 0. The SMILES string of the molecule is CNCc1cc(C)c(OC(C)c2ccccc2)c(C)c1. The van der Waals surface area contributed by atoms with Gasteiger partial charge in [0.15, 0.2) is 0 Å². The second-order valence-electron chi connectivity index (χ2n) is 5.26. The summed E-state index contributed by atoms with van der Waals surface area (Å²) in [6.45, 7) is 7.20. The lowest BCUT2D eigenvalue weighted by Gasteiger charge is -2.19. The van der Waals surface area contributed by atoms with E-state index in [0.717, 1.165) is 12.3 Å². The van der Waals surface area contributed by atoms with Crippen LogP contribution in [0.5, 0.6) is 5.75 Å². The fourth-order valence-electron chi connectivity index (χ4n) is 2.50. The van der Waals surface area contributed by atoms with Crippen LogP contribution in [0.3, 0.4) is 0 Å². The minimum absolute atomic E-state index is 0.0590. The Morgan fingerprint density at radius 3 is 2.20 bits per heavy atom. The molecule has 0 aliphatic heterocycles. The Morgan fingerprint density at radius 2 is 1.65 bits per heavy atom. The molecule has 0 fully saturated rings. The van der Waals surface area contributed by atoms with Crippen molar-refractivity contribution in [1.29, 1.82) is 0 Å². The molecule has 1 unspecified atom stereocenters. The van der Waals surface area contributed by atoms with Crippen LogP contribution in [0.15, 0.2) is 42.5 Å². The monoisotopic (exact) mass is 269 g/mol. The van der Waals surface area contributed by atoms with Crippen molar-refractivity contribution in [2.75, 3.05) is 7.05 Å². The van der Waals surface area contributed by atoms with Crippen LogP contribution in [0.4, 0.5) is 0 Å². The number of aryl methyl sites for hydroxylation is 2. The van der Waals surface area contributed by atoms with Gasteiger partial charge < -0.3 is 10.1 Å². The number of ether oxygens (including phenoxy) is 1. The van der Waals surface area contributed by atoms with E-state index < -0.39 is 0 Å². The first-order valence-electron chi connectivity index (χ1n) is 7.08. The van der Waals surface area contributed by atoms with Crippen LogP contribution < -0.4 is 10.1 Å². The van der Waals surface area contributed by atoms with Crippen molar-refractivity contribution in [2.45, 2.75) is 33.4 Å². The summed E-state index contributed by atoms with van der Waals surface area (Å²) in [5.41, 5.74) is 4.88. The minimum Gasteiger partial charge on any atom is -0.485 e. The molecule has 20 heavy (non-hydrogen) atoms. The lowest BCUT2D eigenvalue weighted by atomic mass is 10.0. The molecule has 0 aliphatic rings. The molecule has 0 spiro atoms. The van der Waals surface area contributed by atoms with Gasteiger partial charge in [-0.3, -0.25) is 0 Å². The third-order valence-corrected chi connectivity index (χ3v) is 3.46. The van der Waals surface area contributed by atoms with Gasteiger partial charge in [0.05, 0.1) is 0 Å². The van der Waals surface area contributed by atoms with Crippen LogP contribution >= 0.6 is 0 Å². The fourth-order valence-corrected chi connectivity index (χ4v) is 2.50. The molecule has 0 saturated carbocycles. The van der Waals surface area contributed by atoms with E-state index in [1.165, 1.54) is 22.3 Å². The van der Waals surface area contributed by atoms with Gasteiger partial charge in [-0.15, -0.1) is 0 Å². The molecule has 0 radical (unpaired) electrons. The molecule has 2 aromatic carbocycles. The summed E-state index contributed by atoms with van der Waals surface area (Å²) < 4.78 is 6.17. The van der Waals surface area contributed by atoms with Gasteiger partial charge in [0.2, 0.25) is 0 Å². The Balaban J connectivity index is 2.21. The van der Waals surface area contributed by atoms with Crippen LogP contribution in [0.25, 0.3) is 0 Å². The van der Waals surface area contributed by atoms with E-state index in [1.807, 2.05) is 25.2 Å². The van der Waals surface area contributed by atoms with Gasteiger partial charge in [-0.2, -0.15) is 0 Å². The van der Waals surface area contributed by atoms with Crippen molar-refractivity contribution in [3.8, 4) is 5.75 Å². The fraction of sp³-hybridized carbons (Fsp3) is 0.333. The second-order valence-corrected chi connectivity index (χ2v) is 5.26. The Morgan fingerprint density at radius 1 is 1.05 bits per heavy atom. The first-order valence-corrected chi connectivity index (χ1v) is 7.08. The number of hydrogen-bond donors (Lipinski definition) is 1. The summed E-state index contributed by atoms with van der Waals surface area (Å²) in [5.74, 6) is 1.00. The lowest BCUT2D eigenvalue weighted by molar-refractivity contribution is 0.223. The van der Waals surface area contributed by atoms with E-state index in [0.29, 0.717) is 0 Å². The van der Waals surface area contributed by atoms with E-state index >= 15 is 0 Å². The average Bonchev–Trinajstić information content (AvgIpc) is 2.44. The molecule has 106 valence electrons. The van der Waals surface area contributed by atoms with Crippen LogP contribution in [-0.2, 0) is 6.54 Å². The van der Waals surface area contributed by atoms with Crippen LogP contribution in [0.1, 0.15) is 35.3 Å². The van der Waals surface area contributed by atoms with E-state index in [9.17, 15) is 0 Å². The molecule has 1 N–H and O–H groups in total. The Kier molecular flexibility index (Phi) is 4.80. The van der Waals surface area contributed by atoms with Crippen molar-refractivity contribution in [3.05, 3.63) is 64.7 Å². The molecule has 0 aromatic heterocycles. The van der Waals surface area contributed by atoms with E-state index in [4.69, 9.17) is 4.74 Å². The molecule has 0 amide bonds. The number of benzene rings is 2. The molecule has 2 aromatic rings. The predicted molar refractivity (Wildman–Crippen MR) is 84.2 cm³/mol. The first-order chi connectivity index (χ1) is 9.61. The Labute approximate surface area is 121 Å². The van der Waals surface area contributed by atoms with Crippen LogP contribution in [0, 0.1) is 13.8 Å². The van der Waals surface area contributed by atoms with Gasteiger partial charge in [-0.1, -0.05) is 42.5 Å². The molecular weight excluding hydrogens is 246 g/mol. The van der Waals surface area contributed by atoms with E-state index in [2.05, 4.69) is 50.4 Å². The van der Waals surface area contributed by atoms with E-state index in [-0.39, 0.29) is 6.10 Å². The zero-order chi connectivity index (χ0) is 14.5. The molecule has 2 rings (SSSR count). The number of nitrogens with one attached hydrogen (secondary N) is 1. The van der Waals surface area contributed by atoms with Gasteiger partial charge in [0.1, 0.15) is 11.9 Å². The first kappa shape index (κ1) is 14.6. The third kappa shape index (κ3) is 3.40. The average molecular weight is 269 g/mol. The number of hydrogen-bond acceptors (Lipinski definition) is 2.